The summed E-state index contributed by atoms with van der Waals surface area (Å²) in [6.07, 6.45) is 4.76. The van der Waals surface area contributed by atoms with E-state index in [-0.39, 0.29) is 19.0 Å². The van der Waals surface area contributed by atoms with Gasteiger partial charge in [-0.3, -0.25) is 4.90 Å². The fraction of sp³-hybridized carbons (Fsp3) is 1.00. The molecule has 2 nitrogen and oxygen atoms in total. The Kier molecular flexibility index (Phi) is 4.03. The van der Waals surface area contributed by atoms with Crippen molar-refractivity contribution in [2.24, 2.45) is 0 Å². The first kappa shape index (κ1) is 13.2. The first-order valence-electron chi connectivity index (χ1n) is 6.85. The first-order valence-corrected chi connectivity index (χ1v) is 6.85. The molecule has 1 N–H and O–H groups in total. The molecule has 0 spiro atoms. The van der Waals surface area contributed by atoms with Crippen LogP contribution in [0.1, 0.15) is 46.0 Å². The SMILES string of the molecule is CC(C)N(CCC1CC(F)(F)CN1)C1CCC1. The maximum atomic E-state index is 13.0. The van der Waals surface area contributed by atoms with Gasteiger partial charge in [-0.25, -0.2) is 8.78 Å². The standard InChI is InChI=1S/C13H24F2N2/c1-10(2)17(12-4-3-5-12)7-6-11-8-13(14,15)9-16-11/h10-12,16H,3-9H2,1-2H3. The molecule has 100 valence electrons. The van der Waals surface area contributed by atoms with Gasteiger partial charge < -0.3 is 5.32 Å². The maximum Gasteiger partial charge on any atom is 0.261 e. The van der Waals surface area contributed by atoms with Gasteiger partial charge in [0.05, 0.1) is 6.54 Å². The van der Waals surface area contributed by atoms with Crippen molar-refractivity contribution in [1.82, 2.24) is 10.2 Å². The fourth-order valence-corrected chi connectivity index (χ4v) is 2.89. The predicted octanol–water partition coefficient (Wildman–Crippen LogP) is 2.64. The molecule has 2 rings (SSSR count). The number of hydrogen-bond donors (Lipinski definition) is 1. The zero-order valence-corrected chi connectivity index (χ0v) is 10.9. The van der Waals surface area contributed by atoms with Crippen LogP contribution in [-0.2, 0) is 0 Å². The molecule has 4 heteroatoms. The summed E-state index contributed by atoms with van der Waals surface area (Å²) in [7, 11) is 0. The third kappa shape index (κ3) is 3.38. The van der Waals surface area contributed by atoms with Crippen LogP contribution >= 0.6 is 0 Å². The Morgan fingerprint density at radius 2 is 2.06 bits per heavy atom. The Labute approximate surface area is 103 Å². The lowest BCUT2D eigenvalue weighted by atomic mass is 9.90. The highest BCUT2D eigenvalue weighted by Crippen LogP contribution is 2.29. The second-order valence-electron chi connectivity index (χ2n) is 5.84. The van der Waals surface area contributed by atoms with Crippen molar-refractivity contribution >= 4 is 0 Å². The molecule has 0 aromatic heterocycles. The van der Waals surface area contributed by atoms with Gasteiger partial charge in [-0.1, -0.05) is 6.42 Å². The Balaban J connectivity index is 1.76. The monoisotopic (exact) mass is 246 g/mol. The van der Waals surface area contributed by atoms with Crippen LogP contribution in [0, 0.1) is 0 Å². The van der Waals surface area contributed by atoms with Gasteiger partial charge in [0, 0.05) is 31.1 Å². The molecule has 1 aliphatic carbocycles. The van der Waals surface area contributed by atoms with Crippen molar-refractivity contribution < 1.29 is 8.78 Å². The summed E-state index contributed by atoms with van der Waals surface area (Å²) in [6.45, 7) is 5.23. The summed E-state index contributed by atoms with van der Waals surface area (Å²) in [4.78, 5) is 2.49. The van der Waals surface area contributed by atoms with Crippen molar-refractivity contribution in [2.45, 2.75) is 70.0 Å². The molecule has 0 aromatic carbocycles. The van der Waals surface area contributed by atoms with Crippen molar-refractivity contribution in [1.29, 1.82) is 0 Å². The highest BCUT2D eigenvalue weighted by Gasteiger charge is 2.39. The second-order valence-corrected chi connectivity index (χ2v) is 5.84. The molecule has 17 heavy (non-hydrogen) atoms. The van der Waals surface area contributed by atoms with Gasteiger partial charge in [0.1, 0.15) is 0 Å². The number of nitrogens with one attached hydrogen (secondary N) is 1. The highest BCUT2D eigenvalue weighted by atomic mass is 19.3. The Bertz CT molecular complexity index is 252. The van der Waals surface area contributed by atoms with E-state index in [1.54, 1.807) is 0 Å². The van der Waals surface area contributed by atoms with Gasteiger partial charge in [-0.2, -0.15) is 0 Å². The highest BCUT2D eigenvalue weighted by molar-refractivity contribution is 4.89. The molecule has 0 radical (unpaired) electrons. The van der Waals surface area contributed by atoms with E-state index in [9.17, 15) is 8.78 Å². The number of nitrogens with zero attached hydrogens (tertiary/aromatic N) is 1. The minimum atomic E-state index is -2.48. The summed E-state index contributed by atoms with van der Waals surface area (Å²) >= 11 is 0. The normalized spacial score (nSPS) is 28.9. The van der Waals surface area contributed by atoms with Crippen molar-refractivity contribution in [3.8, 4) is 0 Å². The Morgan fingerprint density at radius 1 is 1.35 bits per heavy atom. The largest absolute Gasteiger partial charge is 0.308 e. The van der Waals surface area contributed by atoms with Gasteiger partial charge >= 0.3 is 0 Å². The van der Waals surface area contributed by atoms with Crippen LogP contribution < -0.4 is 5.32 Å². The van der Waals surface area contributed by atoms with Crippen molar-refractivity contribution in [3.63, 3.8) is 0 Å². The second kappa shape index (κ2) is 5.19. The molecule has 2 aliphatic rings. The van der Waals surface area contributed by atoms with Crippen LogP contribution in [0.5, 0.6) is 0 Å². The van der Waals surface area contributed by atoms with E-state index in [1.165, 1.54) is 19.3 Å². The van der Waals surface area contributed by atoms with E-state index < -0.39 is 5.92 Å². The van der Waals surface area contributed by atoms with E-state index in [1.807, 2.05) is 0 Å². The van der Waals surface area contributed by atoms with Crippen LogP contribution in [0.2, 0.25) is 0 Å². The quantitative estimate of drug-likeness (QED) is 0.802. The lowest BCUT2D eigenvalue weighted by Gasteiger charge is -2.40. The molecule has 0 aromatic rings. The van der Waals surface area contributed by atoms with Crippen molar-refractivity contribution in [2.75, 3.05) is 13.1 Å². The van der Waals surface area contributed by atoms with Gasteiger partial charge in [0.15, 0.2) is 0 Å². The molecule has 2 fully saturated rings. The first-order chi connectivity index (χ1) is 7.98. The molecular formula is C13H24F2N2. The Hall–Kier alpha value is -0.220. The van der Waals surface area contributed by atoms with Crippen LogP contribution in [0.3, 0.4) is 0 Å². The molecule has 1 saturated carbocycles. The topological polar surface area (TPSA) is 15.3 Å². The summed E-state index contributed by atoms with van der Waals surface area (Å²) in [6, 6.07) is 1.24. The van der Waals surface area contributed by atoms with Gasteiger partial charge in [-0.05, 0) is 33.1 Å². The molecule has 0 bridgehead atoms. The number of rotatable bonds is 5. The van der Waals surface area contributed by atoms with E-state index in [4.69, 9.17) is 0 Å². The number of alkyl halides is 2. The lowest BCUT2D eigenvalue weighted by Crippen LogP contribution is -2.46. The Morgan fingerprint density at radius 3 is 2.47 bits per heavy atom. The summed E-state index contributed by atoms with van der Waals surface area (Å²) < 4.78 is 26.1. The molecule has 1 unspecified atom stereocenters. The molecule has 0 amide bonds. The van der Waals surface area contributed by atoms with Crippen LogP contribution in [0.15, 0.2) is 0 Å². The van der Waals surface area contributed by atoms with E-state index >= 15 is 0 Å². The minimum absolute atomic E-state index is 0.00586. The minimum Gasteiger partial charge on any atom is -0.308 e. The maximum absolute atomic E-state index is 13.0. The average molecular weight is 246 g/mol. The number of hydrogen-bond acceptors (Lipinski definition) is 2. The average Bonchev–Trinajstić information content (AvgIpc) is 2.49. The van der Waals surface area contributed by atoms with Gasteiger partial charge in [-0.15, -0.1) is 0 Å². The predicted molar refractivity (Wildman–Crippen MR) is 65.5 cm³/mol. The van der Waals surface area contributed by atoms with Crippen LogP contribution in [0.4, 0.5) is 8.78 Å². The van der Waals surface area contributed by atoms with Gasteiger partial charge in [0.25, 0.3) is 5.92 Å². The molecular weight excluding hydrogens is 222 g/mol. The van der Waals surface area contributed by atoms with Crippen LogP contribution in [-0.4, -0.2) is 42.0 Å². The van der Waals surface area contributed by atoms with E-state index in [2.05, 4.69) is 24.1 Å². The fourth-order valence-electron chi connectivity index (χ4n) is 2.89. The summed E-state index contributed by atoms with van der Waals surface area (Å²) in [5, 5.41) is 2.94. The van der Waals surface area contributed by atoms with Crippen molar-refractivity contribution in [3.05, 3.63) is 0 Å². The summed E-state index contributed by atoms with van der Waals surface area (Å²) in [5.41, 5.74) is 0. The molecule has 1 atom stereocenters. The van der Waals surface area contributed by atoms with E-state index in [0.29, 0.717) is 12.1 Å². The summed E-state index contributed by atoms with van der Waals surface area (Å²) in [5.74, 6) is -2.48. The smallest absolute Gasteiger partial charge is 0.261 e. The third-order valence-electron chi connectivity index (χ3n) is 4.14. The zero-order valence-electron chi connectivity index (χ0n) is 10.9. The molecule has 1 aliphatic heterocycles. The molecule has 1 heterocycles. The third-order valence-corrected chi connectivity index (χ3v) is 4.14. The zero-order chi connectivity index (χ0) is 12.5. The lowest BCUT2D eigenvalue weighted by molar-refractivity contribution is 0.0199. The number of halogens is 2. The molecule has 1 saturated heterocycles. The van der Waals surface area contributed by atoms with Gasteiger partial charge in [0.2, 0.25) is 0 Å². The van der Waals surface area contributed by atoms with E-state index in [0.717, 1.165) is 13.0 Å². The van der Waals surface area contributed by atoms with Crippen LogP contribution in [0.25, 0.3) is 0 Å².